The zero-order valence-electron chi connectivity index (χ0n) is 30.2. The van der Waals surface area contributed by atoms with Crippen LogP contribution in [0.1, 0.15) is 44.3 Å². The highest BCUT2D eigenvalue weighted by molar-refractivity contribution is 7.26. The molecule has 0 aliphatic heterocycles. The van der Waals surface area contributed by atoms with Crippen molar-refractivity contribution in [1.82, 2.24) is 19.5 Å². The lowest BCUT2D eigenvalue weighted by molar-refractivity contribution is -0.00938. The molecule has 0 amide bonds. The molecule has 0 atom stereocenters. The van der Waals surface area contributed by atoms with E-state index < -0.39 is 0 Å². The molecule has 0 spiro atoms. The first-order chi connectivity index (χ1) is 27.2. The minimum absolute atomic E-state index is 0.0656. The molecule has 14 rings (SSSR count). The smallest absolute Gasteiger partial charge is 0.163 e. The van der Waals surface area contributed by atoms with Gasteiger partial charge in [-0.25, -0.2) is 15.0 Å². The van der Waals surface area contributed by atoms with Gasteiger partial charge in [-0.2, -0.15) is 0 Å². The van der Waals surface area contributed by atoms with Gasteiger partial charge in [0.15, 0.2) is 17.2 Å². The topological polar surface area (TPSA) is 56.7 Å². The fourth-order valence-corrected chi connectivity index (χ4v) is 12.7. The number of hydrogen-bond donors (Lipinski definition) is 0. The zero-order chi connectivity index (χ0) is 35.8. The number of thiophene rings is 1. The summed E-state index contributed by atoms with van der Waals surface area (Å²) >= 11 is 1.83. The van der Waals surface area contributed by atoms with Gasteiger partial charge < -0.3 is 8.98 Å². The summed E-state index contributed by atoms with van der Waals surface area (Å²) < 4.78 is 11.7. The minimum atomic E-state index is 0.0656. The van der Waals surface area contributed by atoms with Gasteiger partial charge in [-0.05, 0) is 98.7 Å². The molecule has 4 bridgehead atoms. The van der Waals surface area contributed by atoms with Crippen molar-refractivity contribution in [3.8, 4) is 28.5 Å². The molecule has 6 heteroatoms. The van der Waals surface area contributed by atoms with Crippen LogP contribution in [0, 0.1) is 17.8 Å². The lowest BCUT2D eigenvalue weighted by Crippen LogP contribution is -2.49. The number of fused-ring (bicyclic) bond motifs is 12. The van der Waals surface area contributed by atoms with E-state index in [0.29, 0.717) is 0 Å². The Labute approximate surface area is 321 Å². The summed E-state index contributed by atoms with van der Waals surface area (Å²) in [6.45, 7) is 0. The molecule has 10 aromatic rings. The summed E-state index contributed by atoms with van der Waals surface area (Å²) in [5, 5.41) is 7.30. The Bertz CT molecular complexity index is 3150. The molecule has 4 saturated carbocycles. The van der Waals surface area contributed by atoms with Crippen LogP contribution in [0.4, 0.5) is 0 Å². The maximum atomic E-state index is 6.74. The number of rotatable bonds is 4. The maximum absolute atomic E-state index is 6.74. The third-order valence-electron chi connectivity index (χ3n) is 13.3. The summed E-state index contributed by atoms with van der Waals surface area (Å²) in [5.41, 5.74) is 7.53. The van der Waals surface area contributed by atoms with Crippen molar-refractivity contribution in [3.05, 3.63) is 133 Å². The molecule has 55 heavy (non-hydrogen) atoms. The average Bonchev–Trinajstić information content (AvgIpc) is 3.91. The fraction of sp³-hybridized carbons (Fsp3) is 0.204. The Hall–Kier alpha value is -5.85. The van der Waals surface area contributed by atoms with Crippen LogP contribution in [0.25, 0.3) is 92.4 Å². The zero-order valence-corrected chi connectivity index (χ0v) is 31.0. The third kappa shape index (κ3) is 4.32. The molecule has 0 unspecified atom stereocenters. The van der Waals surface area contributed by atoms with Gasteiger partial charge in [-0.15, -0.1) is 11.3 Å². The molecule has 0 N–H and O–H groups in total. The van der Waals surface area contributed by atoms with Crippen LogP contribution in [0.3, 0.4) is 0 Å². The lowest BCUT2D eigenvalue weighted by atomic mass is 9.49. The first kappa shape index (κ1) is 30.5. The molecule has 0 radical (unpaired) electrons. The second-order valence-corrected chi connectivity index (χ2v) is 17.7. The van der Waals surface area contributed by atoms with Gasteiger partial charge >= 0.3 is 0 Å². The standard InChI is InChI=1S/C49H36N4OS/c1-2-10-31(11-3-1)46-50-47(52-48(51-46)49-25-28-22-29(26-49)24-30(23-28)27-49)32-18-20-33(21-19-32)53-37-15-7-4-12-34(37)40-41-35-13-5-8-16-38(35)54-44(41)45-42(43(40)53)36-14-6-9-17-39(36)55-45/h1-21,28-30H,22-27H2. The van der Waals surface area contributed by atoms with Crippen molar-refractivity contribution in [1.29, 1.82) is 0 Å². The molecule has 4 aliphatic carbocycles. The molecular formula is C49H36N4OS. The molecule has 4 fully saturated rings. The highest BCUT2D eigenvalue weighted by Crippen LogP contribution is 2.60. The van der Waals surface area contributed by atoms with E-state index in [4.69, 9.17) is 19.4 Å². The van der Waals surface area contributed by atoms with Crippen LogP contribution in [0.2, 0.25) is 0 Å². The Morgan fingerprint density at radius 1 is 0.564 bits per heavy atom. The van der Waals surface area contributed by atoms with Gasteiger partial charge in [-0.3, -0.25) is 0 Å². The van der Waals surface area contributed by atoms with E-state index in [1.54, 1.807) is 0 Å². The van der Waals surface area contributed by atoms with Gasteiger partial charge in [0.2, 0.25) is 0 Å². The average molecular weight is 729 g/mol. The first-order valence-electron chi connectivity index (χ1n) is 19.8. The number of aromatic nitrogens is 4. The van der Waals surface area contributed by atoms with Crippen LogP contribution in [-0.4, -0.2) is 19.5 Å². The Morgan fingerprint density at radius 2 is 1.18 bits per heavy atom. The number of nitrogens with zero attached hydrogens (tertiary/aromatic N) is 4. The molecule has 0 saturated heterocycles. The second kappa shape index (κ2) is 11.1. The molecule has 4 heterocycles. The van der Waals surface area contributed by atoms with E-state index >= 15 is 0 Å². The normalized spacial score (nSPS) is 22.0. The molecule has 4 aromatic heterocycles. The molecule has 5 nitrogen and oxygen atoms in total. The van der Waals surface area contributed by atoms with Crippen LogP contribution in [0.5, 0.6) is 0 Å². The third-order valence-corrected chi connectivity index (χ3v) is 14.5. The van der Waals surface area contributed by atoms with E-state index in [2.05, 4.69) is 132 Å². The first-order valence-corrected chi connectivity index (χ1v) is 20.6. The second-order valence-electron chi connectivity index (χ2n) is 16.6. The van der Waals surface area contributed by atoms with Crippen molar-refractivity contribution in [3.63, 3.8) is 0 Å². The number of para-hydroxylation sites is 2. The van der Waals surface area contributed by atoms with E-state index in [1.165, 1.54) is 85.9 Å². The largest absolute Gasteiger partial charge is 0.455 e. The number of hydrogen-bond acceptors (Lipinski definition) is 5. The number of furan rings is 1. The fourth-order valence-electron chi connectivity index (χ4n) is 11.5. The summed E-state index contributed by atoms with van der Waals surface area (Å²) in [6, 6.07) is 45.6. The highest BCUT2D eigenvalue weighted by atomic mass is 32.1. The molecule has 4 aliphatic rings. The van der Waals surface area contributed by atoms with Crippen molar-refractivity contribution in [2.75, 3.05) is 0 Å². The van der Waals surface area contributed by atoms with Crippen LogP contribution < -0.4 is 0 Å². The SMILES string of the molecule is c1ccc(-c2nc(-c3ccc(-n4c5ccccc5c5c6c7ccccc7oc6c6sc7ccccc7c6c54)cc3)nc(C34CC5CC(CC(C5)C3)C4)n2)cc1. The van der Waals surface area contributed by atoms with Crippen LogP contribution in [0.15, 0.2) is 132 Å². The Kier molecular flexibility index (Phi) is 6.16. The molecule has 264 valence electrons. The van der Waals surface area contributed by atoms with Crippen molar-refractivity contribution in [2.24, 2.45) is 17.8 Å². The minimum Gasteiger partial charge on any atom is -0.455 e. The van der Waals surface area contributed by atoms with Gasteiger partial charge in [0.1, 0.15) is 11.4 Å². The van der Waals surface area contributed by atoms with E-state index in [0.717, 1.165) is 68.6 Å². The van der Waals surface area contributed by atoms with E-state index in [1.807, 2.05) is 11.3 Å². The van der Waals surface area contributed by atoms with Crippen molar-refractivity contribution >= 4 is 75.3 Å². The van der Waals surface area contributed by atoms with E-state index in [9.17, 15) is 0 Å². The summed E-state index contributed by atoms with van der Waals surface area (Å²) in [7, 11) is 0. The predicted octanol–water partition coefficient (Wildman–Crippen LogP) is 13.0. The van der Waals surface area contributed by atoms with Crippen molar-refractivity contribution in [2.45, 2.75) is 43.9 Å². The van der Waals surface area contributed by atoms with Gasteiger partial charge in [0, 0.05) is 59.2 Å². The Balaban J connectivity index is 1.04. The Morgan fingerprint density at radius 3 is 1.93 bits per heavy atom. The summed E-state index contributed by atoms with van der Waals surface area (Å²) in [6.07, 6.45) is 7.82. The highest BCUT2D eigenvalue weighted by Gasteiger charge is 2.53. The monoisotopic (exact) mass is 728 g/mol. The summed E-state index contributed by atoms with van der Waals surface area (Å²) in [4.78, 5) is 15.9. The van der Waals surface area contributed by atoms with Crippen LogP contribution in [-0.2, 0) is 5.41 Å². The molecular weight excluding hydrogens is 693 g/mol. The van der Waals surface area contributed by atoms with Gasteiger partial charge in [0.05, 0.1) is 15.7 Å². The van der Waals surface area contributed by atoms with Crippen LogP contribution >= 0.6 is 11.3 Å². The van der Waals surface area contributed by atoms with E-state index in [-0.39, 0.29) is 5.41 Å². The summed E-state index contributed by atoms with van der Waals surface area (Å²) in [5.74, 6) is 5.00. The maximum Gasteiger partial charge on any atom is 0.163 e. The lowest BCUT2D eigenvalue weighted by Gasteiger charge is -2.56. The van der Waals surface area contributed by atoms with Gasteiger partial charge in [0.25, 0.3) is 0 Å². The van der Waals surface area contributed by atoms with Gasteiger partial charge in [-0.1, -0.05) is 84.9 Å². The van der Waals surface area contributed by atoms with Crippen molar-refractivity contribution < 1.29 is 4.42 Å². The molecule has 6 aromatic carbocycles. The predicted molar refractivity (Wildman–Crippen MR) is 225 cm³/mol. The quantitative estimate of drug-likeness (QED) is 0.181. The number of benzene rings is 6.